The molecule has 0 aliphatic heterocycles. The predicted octanol–water partition coefficient (Wildman–Crippen LogP) is 4.19. The molecule has 0 atom stereocenters. The SMILES string of the molecule is Cc1c(Cl)cccc1NC(=O)CCN=C(N)Nc1ccc(OC(C)C)cc1. The summed E-state index contributed by atoms with van der Waals surface area (Å²) < 4.78 is 5.59. The van der Waals surface area contributed by atoms with Gasteiger partial charge in [0.25, 0.3) is 0 Å². The molecule has 0 saturated carbocycles. The number of nitrogens with two attached hydrogens (primary N) is 1. The summed E-state index contributed by atoms with van der Waals surface area (Å²) in [7, 11) is 0. The number of halogens is 1. The molecule has 0 aliphatic carbocycles. The molecule has 0 aliphatic rings. The van der Waals surface area contributed by atoms with Crippen LogP contribution in [-0.4, -0.2) is 24.5 Å². The molecule has 2 aromatic rings. The van der Waals surface area contributed by atoms with E-state index in [-0.39, 0.29) is 30.9 Å². The van der Waals surface area contributed by atoms with Crippen molar-refractivity contribution in [3.05, 3.63) is 53.1 Å². The third kappa shape index (κ3) is 6.83. The molecule has 27 heavy (non-hydrogen) atoms. The van der Waals surface area contributed by atoms with Gasteiger partial charge in [-0.15, -0.1) is 0 Å². The third-order valence-corrected chi connectivity index (χ3v) is 4.07. The molecule has 2 rings (SSSR count). The lowest BCUT2D eigenvalue weighted by atomic mass is 10.2. The Morgan fingerprint density at radius 3 is 2.56 bits per heavy atom. The molecule has 0 unspecified atom stereocenters. The summed E-state index contributed by atoms with van der Waals surface area (Å²) in [5.41, 5.74) is 8.20. The highest BCUT2D eigenvalue weighted by atomic mass is 35.5. The van der Waals surface area contributed by atoms with Gasteiger partial charge in [-0.25, -0.2) is 0 Å². The van der Waals surface area contributed by atoms with Crippen molar-refractivity contribution in [2.45, 2.75) is 33.3 Å². The number of carbonyl (C=O) groups excluding carboxylic acids is 1. The molecule has 4 N–H and O–H groups in total. The number of amides is 1. The maximum atomic E-state index is 12.0. The number of hydrogen-bond acceptors (Lipinski definition) is 3. The van der Waals surface area contributed by atoms with Gasteiger partial charge in [-0.1, -0.05) is 17.7 Å². The summed E-state index contributed by atoms with van der Waals surface area (Å²) in [6, 6.07) is 12.8. The van der Waals surface area contributed by atoms with Crippen LogP contribution in [0.5, 0.6) is 5.75 Å². The molecular formula is C20H25ClN4O2. The van der Waals surface area contributed by atoms with Crippen molar-refractivity contribution in [2.24, 2.45) is 10.7 Å². The second kappa shape index (κ2) is 9.83. The average Bonchev–Trinajstić information content (AvgIpc) is 2.60. The van der Waals surface area contributed by atoms with Crippen molar-refractivity contribution in [1.29, 1.82) is 0 Å². The molecule has 7 heteroatoms. The molecule has 0 spiro atoms. The highest BCUT2D eigenvalue weighted by Crippen LogP contribution is 2.23. The molecule has 0 bridgehead atoms. The number of aliphatic imine (C=N–C) groups is 1. The Balaban J connectivity index is 1.81. The first-order valence-corrected chi connectivity index (χ1v) is 9.11. The van der Waals surface area contributed by atoms with Crippen LogP contribution in [0.4, 0.5) is 11.4 Å². The fraction of sp³-hybridized carbons (Fsp3) is 0.300. The number of benzene rings is 2. The zero-order chi connectivity index (χ0) is 19.8. The van der Waals surface area contributed by atoms with E-state index in [4.69, 9.17) is 22.1 Å². The fourth-order valence-electron chi connectivity index (χ4n) is 2.31. The van der Waals surface area contributed by atoms with Crippen LogP contribution in [0.15, 0.2) is 47.5 Å². The Hall–Kier alpha value is -2.73. The van der Waals surface area contributed by atoms with E-state index in [1.165, 1.54) is 0 Å². The van der Waals surface area contributed by atoms with E-state index >= 15 is 0 Å². The molecule has 6 nitrogen and oxygen atoms in total. The Morgan fingerprint density at radius 1 is 1.19 bits per heavy atom. The minimum atomic E-state index is -0.146. The minimum absolute atomic E-state index is 0.122. The minimum Gasteiger partial charge on any atom is -0.491 e. The lowest BCUT2D eigenvalue weighted by Gasteiger charge is -2.11. The van der Waals surface area contributed by atoms with Crippen molar-refractivity contribution in [3.8, 4) is 5.75 Å². The molecule has 0 heterocycles. The normalized spacial score (nSPS) is 11.4. The zero-order valence-corrected chi connectivity index (χ0v) is 16.5. The number of ether oxygens (including phenoxy) is 1. The van der Waals surface area contributed by atoms with Crippen LogP contribution in [-0.2, 0) is 4.79 Å². The van der Waals surface area contributed by atoms with E-state index in [2.05, 4.69) is 15.6 Å². The second-order valence-electron chi connectivity index (χ2n) is 6.29. The number of anilines is 2. The summed E-state index contributed by atoms with van der Waals surface area (Å²) in [4.78, 5) is 16.2. The molecule has 144 valence electrons. The molecule has 0 saturated heterocycles. The first-order valence-electron chi connectivity index (χ1n) is 8.74. The van der Waals surface area contributed by atoms with Crippen LogP contribution in [0.1, 0.15) is 25.8 Å². The third-order valence-electron chi connectivity index (χ3n) is 3.66. The first kappa shape index (κ1) is 20.6. The number of nitrogens with one attached hydrogen (secondary N) is 2. The Morgan fingerprint density at radius 2 is 1.89 bits per heavy atom. The number of rotatable bonds is 7. The van der Waals surface area contributed by atoms with Gasteiger partial charge in [0, 0.05) is 22.8 Å². The maximum absolute atomic E-state index is 12.0. The van der Waals surface area contributed by atoms with Gasteiger partial charge in [-0.3, -0.25) is 9.79 Å². The summed E-state index contributed by atoms with van der Waals surface area (Å²) in [5.74, 6) is 0.894. The fourth-order valence-corrected chi connectivity index (χ4v) is 2.48. The van der Waals surface area contributed by atoms with Gasteiger partial charge >= 0.3 is 0 Å². The number of guanidine groups is 1. The highest BCUT2D eigenvalue weighted by molar-refractivity contribution is 6.31. The summed E-state index contributed by atoms with van der Waals surface area (Å²) >= 11 is 6.05. The van der Waals surface area contributed by atoms with Crippen molar-refractivity contribution >= 4 is 34.8 Å². The van der Waals surface area contributed by atoms with Crippen molar-refractivity contribution in [1.82, 2.24) is 0 Å². The second-order valence-corrected chi connectivity index (χ2v) is 6.70. The lowest BCUT2D eigenvalue weighted by molar-refractivity contribution is -0.116. The number of hydrogen-bond donors (Lipinski definition) is 3. The van der Waals surface area contributed by atoms with E-state index in [0.29, 0.717) is 10.7 Å². The van der Waals surface area contributed by atoms with Crippen LogP contribution in [0.2, 0.25) is 5.02 Å². The smallest absolute Gasteiger partial charge is 0.226 e. The van der Waals surface area contributed by atoms with Gasteiger partial charge < -0.3 is 21.1 Å². The first-order chi connectivity index (χ1) is 12.8. The molecule has 1 amide bonds. The summed E-state index contributed by atoms with van der Waals surface area (Å²) in [6.07, 6.45) is 0.340. The van der Waals surface area contributed by atoms with E-state index in [0.717, 1.165) is 17.0 Å². The molecule has 0 fully saturated rings. The molecular weight excluding hydrogens is 364 g/mol. The summed E-state index contributed by atoms with van der Waals surface area (Å²) in [5, 5.41) is 6.43. The molecule has 2 aromatic carbocycles. The zero-order valence-electron chi connectivity index (χ0n) is 15.8. The maximum Gasteiger partial charge on any atom is 0.226 e. The van der Waals surface area contributed by atoms with Gasteiger partial charge in [0.15, 0.2) is 5.96 Å². The van der Waals surface area contributed by atoms with Crippen LogP contribution >= 0.6 is 11.6 Å². The monoisotopic (exact) mass is 388 g/mol. The van der Waals surface area contributed by atoms with Gasteiger partial charge in [0.05, 0.1) is 12.6 Å². The Labute approximate surface area is 164 Å². The van der Waals surface area contributed by atoms with Gasteiger partial charge in [-0.2, -0.15) is 0 Å². The topological polar surface area (TPSA) is 88.7 Å². The highest BCUT2D eigenvalue weighted by Gasteiger charge is 2.06. The Bertz CT molecular complexity index is 804. The van der Waals surface area contributed by atoms with Gasteiger partial charge in [0.2, 0.25) is 5.91 Å². The Kier molecular flexibility index (Phi) is 7.49. The van der Waals surface area contributed by atoms with Crippen LogP contribution in [0.25, 0.3) is 0 Å². The van der Waals surface area contributed by atoms with Gasteiger partial charge in [0.1, 0.15) is 5.75 Å². The van der Waals surface area contributed by atoms with Crippen LogP contribution in [0, 0.1) is 6.92 Å². The quantitative estimate of drug-likeness (QED) is 0.490. The number of nitrogens with zero attached hydrogens (tertiary/aromatic N) is 1. The molecule has 0 aromatic heterocycles. The largest absolute Gasteiger partial charge is 0.491 e. The van der Waals surface area contributed by atoms with E-state index in [1.807, 2.05) is 51.1 Å². The van der Waals surface area contributed by atoms with E-state index in [1.54, 1.807) is 12.1 Å². The predicted molar refractivity (Wildman–Crippen MR) is 112 cm³/mol. The van der Waals surface area contributed by atoms with Gasteiger partial charge in [-0.05, 0) is 62.7 Å². The van der Waals surface area contributed by atoms with E-state index < -0.39 is 0 Å². The van der Waals surface area contributed by atoms with Crippen LogP contribution < -0.4 is 21.1 Å². The van der Waals surface area contributed by atoms with E-state index in [9.17, 15) is 4.79 Å². The van der Waals surface area contributed by atoms with Crippen LogP contribution in [0.3, 0.4) is 0 Å². The average molecular weight is 389 g/mol. The van der Waals surface area contributed by atoms with Crippen molar-refractivity contribution in [2.75, 3.05) is 17.2 Å². The standard InChI is InChI=1S/C20H25ClN4O2/c1-13(2)27-16-9-7-15(8-10-16)24-20(22)23-12-11-19(26)25-18-6-4-5-17(21)14(18)3/h4-10,13H,11-12H2,1-3H3,(H,25,26)(H3,22,23,24). The summed E-state index contributed by atoms with van der Waals surface area (Å²) in [6.45, 7) is 6.08. The van der Waals surface area contributed by atoms with Crippen molar-refractivity contribution < 1.29 is 9.53 Å². The number of carbonyl (C=O) groups is 1. The molecule has 0 radical (unpaired) electrons. The lowest BCUT2D eigenvalue weighted by Crippen LogP contribution is -2.23. The van der Waals surface area contributed by atoms with Crippen molar-refractivity contribution in [3.63, 3.8) is 0 Å².